The molecule has 28 heavy (non-hydrogen) atoms. The largest absolute Gasteiger partial charge is 0.300 e. The summed E-state index contributed by atoms with van der Waals surface area (Å²) in [6, 6.07) is 5.39. The van der Waals surface area contributed by atoms with Crippen LogP contribution in [0, 0.1) is 0 Å². The molecule has 1 atom stereocenters. The van der Waals surface area contributed by atoms with Crippen molar-refractivity contribution in [1.82, 2.24) is 14.8 Å². The highest BCUT2D eigenvalue weighted by Gasteiger charge is 2.22. The molecule has 146 valence electrons. The van der Waals surface area contributed by atoms with Gasteiger partial charge in [-0.1, -0.05) is 11.3 Å². The van der Waals surface area contributed by atoms with Crippen molar-refractivity contribution in [2.45, 2.75) is 37.1 Å². The molecule has 2 heterocycles. The lowest BCUT2D eigenvalue weighted by atomic mass is 10.2. The summed E-state index contributed by atoms with van der Waals surface area (Å²) in [6.45, 7) is 1.61. The van der Waals surface area contributed by atoms with Crippen LogP contribution < -0.4 is 10.9 Å². The van der Waals surface area contributed by atoms with Gasteiger partial charge in [0.1, 0.15) is 6.04 Å². The van der Waals surface area contributed by atoms with E-state index in [-0.39, 0.29) is 10.5 Å². The minimum absolute atomic E-state index is 0.198. The molecule has 1 aliphatic carbocycles. The number of nitrogens with zero attached hydrogens (tertiary/aromatic N) is 3. The summed E-state index contributed by atoms with van der Waals surface area (Å²) in [7, 11) is -3.32. The fourth-order valence-corrected chi connectivity index (χ4v) is 4.83. The number of benzene rings is 1. The molecule has 1 aromatic carbocycles. The fraction of sp³-hybridized carbons (Fsp3) is 0.333. The molecule has 0 saturated carbocycles. The van der Waals surface area contributed by atoms with Crippen molar-refractivity contribution >= 4 is 42.4 Å². The summed E-state index contributed by atoms with van der Waals surface area (Å²) in [5.74, 6) is -0.407. The van der Waals surface area contributed by atoms with E-state index in [0.717, 1.165) is 36.8 Å². The average Bonchev–Trinajstić information content (AvgIpc) is 3.24. The van der Waals surface area contributed by atoms with E-state index >= 15 is 0 Å². The predicted molar refractivity (Wildman–Crippen MR) is 107 cm³/mol. The molecular formula is C18H18N4O4S2. The van der Waals surface area contributed by atoms with E-state index in [1.807, 2.05) is 0 Å². The van der Waals surface area contributed by atoms with Gasteiger partial charge in [0.05, 0.1) is 20.8 Å². The van der Waals surface area contributed by atoms with Crippen molar-refractivity contribution in [2.24, 2.45) is 0 Å². The van der Waals surface area contributed by atoms with Crippen LogP contribution in [0.3, 0.4) is 0 Å². The van der Waals surface area contributed by atoms with Gasteiger partial charge in [-0.15, -0.1) is 0 Å². The lowest BCUT2D eigenvalue weighted by Gasteiger charge is -2.14. The molecule has 1 aliphatic rings. The number of carbonyl (C=O) groups excluding carboxylic acids is 1. The van der Waals surface area contributed by atoms with E-state index in [4.69, 9.17) is 0 Å². The Morgan fingerprint density at radius 2 is 2.07 bits per heavy atom. The van der Waals surface area contributed by atoms with Gasteiger partial charge in [0.2, 0.25) is 0 Å². The van der Waals surface area contributed by atoms with Crippen LogP contribution in [-0.2, 0) is 27.5 Å². The smallest absolute Gasteiger partial charge is 0.267 e. The van der Waals surface area contributed by atoms with Gasteiger partial charge in [-0.2, -0.15) is 5.10 Å². The number of anilines is 1. The number of carbonyl (C=O) groups is 1. The first kappa shape index (κ1) is 18.8. The van der Waals surface area contributed by atoms with Crippen LogP contribution in [-0.4, -0.2) is 35.3 Å². The molecule has 0 saturated heterocycles. The third-order valence-corrected chi connectivity index (χ3v) is 6.79. The summed E-state index contributed by atoms with van der Waals surface area (Å²) in [4.78, 5) is 29.4. The number of sulfone groups is 1. The second kappa shape index (κ2) is 6.78. The molecule has 3 aromatic rings. The molecule has 10 heteroatoms. The third-order valence-electron chi connectivity index (χ3n) is 4.75. The standard InChI is InChI=1S/C18H18N4O4S2/c1-10(22-16(23)8-11-4-3-5-13(11)21-22)17(24)20-18-19-14-7-6-12(28(2,25)26)9-15(14)27-18/h6-10H,3-5H2,1-2H3,(H,19,20,24)/t10-/m1/s1. The van der Waals surface area contributed by atoms with Crippen LogP contribution >= 0.6 is 11.3 Å². The zero-order chi connectivity index (χ0) is 20.1. The molecule has 2 aromatic heterocycles. The highest BCUT2D eigenvalue weighted by atomic mass is 32.2. The SMILES string of the molecule is C[C@H](C(=O)Nc1nc2ccc(S(C)(=O)=O)cc2s1)n1nc2c(cc1=O)CCC2. The number of thiazole rings is 1. The van der Waals surface area contributed by atoms with Crippen LogP contribution in [0.2, 0.25) is 0 Å². The van der Waals surface area contributed by atoms with Crippen molar-refractivity contribution in [3.63, 3.8) is 0 Å². The van der Waals surface area contributed by atoms with E-state index in [9.17, 15) is 18.0 Å². The molecule has 0 aliphatic heterocycles. The van der Waals surface area contributed by atoms with Gasteiger partial charge in [0.25, 0.3) is 11.5 Å². The first-order valence-corrected chi connectivity index (χ1v) is 11.5. The zero-order valence-corrected chi connectivity index (χ0v) is 16.9. The number of hydrogen-bond donors (Lipinski definition) is 1. The summed E-state index contributed by atoms with van der Waals surface area (Å²) >= 11 is 1.18. The Bertz CT molecular complexity index is 1260. The van der Waals surface area contributed by atoms with E-state index < -0.39 is 21.8 Å². The first-order valence-electron chi connectivity index (χ1n) is 8.75. The molecule has 0 radical (unpaired) electrons. The number of amides is 1. The fourth-order valence-electron chi connectivity index (χ4n) is 3.20. The van der Waals surface area contributed by atoms with E-state index in [1.165, 1.54) is 28.2 Å². The summed E-state index contributed by atoms with van der Waals surface area (Å²) in [6.07, 6.45) is 3.76. The highest BCUT2D eigenvalue weighted by Crippen LogP contribution is 2.28. The van der Waals surface area contributed by atoms with Crippen molar-refractivity contribution < 1.29 is 13.2 Å². The Labute approximate surface area is 165 Å². The third kappa shape index (κ3) is 3.45. The zero-order valence-electron chi connectivity index (χ0n) is 15.3. The predicted octanol–water partition coefficient (Wildman–Crippen LogP) is 1.94. The molecule has 1 N–H and O–H groups in total. The lowest BCUT2D eigenvalue weighted by Crippen LogP contribution is -2.33. The maximum atomic E-state index is 12.6. The maximum absolute atomic E-state index is 12.6. The number of rotatable bonds is 4. The van der Waals surface area contributed by atoms with E-state index in [0.29, 0.717) is 15.3 Å². The summed E-state index contributed by atoms with van der Waals surface area (Å²) < 4.78 is 25.2. The summed E-state index contributed by atoms with van der Waals surface area (Å²) in [5.41, 5.74) is 2.12. The van der Waals surface area contributed by atoms with Gasteiger partial charge in [-0.3, -0.25) is 9.59 Å². The summed E-state index contributed by atoms with van der Waals surface area (Å²) in [5, 5.41) is 7.40. The normalized spacial score (nSPS) is 14.8. The molecule has 1 amide bonds. The number of aromatic nitrogens is 3. The monoisotopic (exact) mass is 418 g/mol. The maximum Gasteiger partial charge on any atom is 0.267 e. The topological polar surface area (TPSA) is 111 Å². The minimum Gasteiger partial charge on any atom is -0.300 e. The number of nitrogens with one attached hydrogen (secondary N) is 1. The Balaban J connectivity index is 1.59. The Morgan fingerprint density at radius 1 is 1.29 bits per heavy atom. The molecule has 0 fully saturated rings. The van der Waals surface area contributed by atoms with Crippen molar-refractivity contribution in [2.75, 3.05) is 11.6 Å². The number of fused-ring (bicyclic) bond motifs is 2. The Hall–Kier alpha value is -2.59. The molecular weight excluding hydrogens is 400 g/mol. The van der Waals surface area contributed by atoms with Crippen LogP contribution in [0.1, 0.15) is 30.6 Å². The van der Waals surface area contributed by atoms with Crippen LogP contribution in [0.5, 0.6) is 0 Å². The lowest BCUT2D eigenvalue weighted by molar-refractivity contribution is -0.119. The molecule has 0 bridgehead atoms. The van der Waals surface area contributed by atoms with Crippen LogP contribution in [0.15, 0.2) is 34.0 Å². The van der Waals surface area contributed by atoms with Gasteiger partial charge in [-0.05, 0) is 49.9 Å². The number of hydrogen-bond acceptors (Lipinski definition) is 7. The molecule has 4 rings (SSSR count). The second-order valence-electron chi connectivity index (χ2n) is 6.84. The van der Waals surface area contributed by atoms with Gasteiger partial charge in [0.15, 0.2) is 15.0 Å². The van der Waals surface area contributed by atoms with Crippen molar-refractivity contribution in [3.8, 4) is 0 Å². The average molecular weight is 419 g/mol. The Morgan fingerprint density at radius 3 is 2.82 bits per heavy atom. The highest BCUT2D eigenvalue weighted by molar-refractivity contribution is 7.90. The van der Waals surface area contributed by atoms with Gasteiger partial charge >= 0.3 is 0 Å². The quantitative estimate of drug-likeness (QED) is 0.693. The van der Waals surface area contributed by atoms with Crippen LogP contribution in [0.25, 0.3) is 10.2 Å². The Kier molecular flexibility index (Phi) is 4.54. The van der Waals surface area contributed by atoms with E-state index in [1.54, 1.807) is 19.1 Å². The first-order chi connectivity index (χ1) is 13.2. The minimum atomic E-state index is -3.32. The number of aryl methyl sites for hydroxylation is 2. The van der Waals surface area contributed by atoms with Crippen molar-refractivity contribution in [1.29, 1.82) is 0 Å². The van der Waals surface area contributed by atoms with E-state index in [2.05, 4.69) is 15.4 Å². The van der Waals surface area contributed by atoms with Gasteiger partial charge in [-0.25, -0.2) is 18.1 Å². The molecule has 0 unspecified atom stereocenters. The van der Waals surface area contributed by atoms with Gasteiger partial charge < -0.3 is 5.32 Å². The van der Waals surface area contributed by atoms with Crippen LogP contribution in [0.4, 0.5) is 5.13 Å². The van der Waals surface area contributed by atoms with Crippen molar-refractivity contribution in [3.05, 3.63) is 45.9 Å². The second-order valence-corrected chi connectivity index (χ2v) is 9.88. The molecule has 8 nitrogen and oxygen atoms in total. The molecule has 0 spiro atoms. The van der Waals surface area contributed by atoms with Gasteiger partial charge in [0, 0.05) is 12.3 Å².